The van der Waals surface area contributed by atoms with Gasteiger partial charge >= 0.3 is 0 Å². The predicted octanol–water partition coefficient (Wildman–Crippen LogP) is 5.29. The minimum Gasteiger partial charge on any atom is -0.268 e. The van der Waals surface area contributed by atoms with E-state index in [1.807, 2.05) is 48.5 Å². The molecule has 184 valence electrons. The van der Waals surface area contributed by atoms with Crippen LogP contribution in [0.1, 0.15) is 31.8 Å². The van der Waals surface area contributed by atoms with Crippen molar-refractivity contribution in [3.8, 4) is 12.1 Å². The number of aromatic nitrogens is 2. The highest BCUT2D eigenvalue weighted by Crippen LogP contribution is 2.40. The van der Waals surface area contributed by atoms with Crippen LogP contribution in [0.4, 0.5) is 5.69 Å². The molecule has 0 unspecified atom stereocenters. The van der Waals surface area contributed by atoms with Gasteiger partial charge in [-0.1, -0.05) is 36.4 Å². The Bertz CT molecular complexity index is 2450. The molecular weight excluding hydrogens is 502 g/mol. The van der Waals surface area contributed by atoms with E-state index < -0.39 is 17.4 Å². The number of imidazole rings is 1. The molecule has 0 saturated carbocycles. The Morgan fingerprint density at radius 1 is 0.675 bits per heavy atom. The average Bonchev–Trinajstić information content (AvgIpc) is 3.37. The predicted molar refractivity (Wildman–Crippen MR) is 150 cm³/mol. The van der Waals surface area contributed by atoms with Crippen LogP contribution in [0.25, 0.3) is 49.0 Å². The van der Waals surface area contributed by atoms with Crippen LogP contribution < -0.4 is 10.5 Å². The van der Waals surface area contributed by atoms with Crippen molar-refractivity contribution in [3.05, 3.63) is 111 Å². The maximum Gasteiger partial charge on any atom is 0.266 e. The molecule has 2 aromatic heterocycles. The number of nitrogens with zero attached hydrogens (tertiary/aromatic N) is 5. The lowest BCUT2D eigenvalue weighted by Gasteiger charge is -2.28. The van der Waals surface area contributed by atoms with E-state index in [1.165, 1.54) is 21.4 Å². The molecule has 0 aliphatic carbocycles. The molecule has 0 N–H and O–H groups in total. The van der Waals surface area contributed by atoms with Crippen molar-refractivity contribution in [1.29, 1.82) is 10.5 Å². The van der Waals surface area contributed by atoms with Crippen molar-refractivity contribution in [2.24, 2.45) is 0 Å². The highest BCUT2D eigenvalue weighted by Gasteiger charge is 2.36. The second-order valence-corrected chi connectivity index (χ2v) is 9.70. The summed E-state index contributed by atoms with van der Waals surface area (Å²) in [6.07, 6.45) is 0. The van der Waals surface area contributed by atoms with Crippen LogP contribution in [0.2, 0.25) is 0 Å². The molecule has 2 amide bonds. The van der Waals surface area contributed by atoms with Gasteiger partial charge < -0.3 is 0 Å². The number of anilines is 1. The van der Waals surface area contributed by atoms with Crippen molar-refractivity contribution < 1.29 is 9.59 Å². The molecule has 40 heavy (non-hydrogen) atoms. The van der Waals surface area contributed by atoms with Gasteiger partial charge in [0.25, 0.3) is 17.4 Å². The van der Waals surface area contributed by atoms with E-state index in [0.29, 0.717) is 55.0 Å². The number of carbonyl (C=O) groups excluding carboxylic acids is 2. The summed E-state index contributed by atoms with van der Waals surface area (Å²) in [5, 5.41) is 22.5. The second-order valence-electron chi connectivity index (χ2n) is 9.70. The van der Waals surface area contributed by atoms with E-state index in [0.717, 1.165) is 10.8 Å². The van der Waals surface area contributed by atoms with Crippen LogP contribution in [0.15, 0.2) is 83.7 Å². The van der Waals surface area contributed by atoms with Gasteiger partial charge in [0, 0.05) is 38.1 Å². The number of carbonyl (C=O) groups is 2. The van der Waals surface area contributed by atoms with Gasteiger partial charge in [0.2, 0.25) is 0 Å². The lowest BCUT2D eigenvalue weighted by Crippen LogP contribution is -2.40. The number of benzene rings is 5. The van der Waals surface area contributed by atoms with Gasteiger partial charge in [0.15, 0.2) is 0 Å². The third-order valence-corrected chi connectivity index (χ3v) is 7.74. The number of fused-ring (bicyclic) bond motifs is 5. The summed E-state index contributed by atoms with van der Waals surface area (Å²) in [5.74, 6) is -0.942. The fourth-order valence-corrected chi connectivity index (χ4v) is 5.99. The van der Waals surface area contributed by atoms with E-state index in [4.69, 9.17) is 0 Å². The minimum absolute atomic E-state index is 0.145. The maximum absolute atomic E-state index is 13.9. The zero-order valence-corrected chi connectivity index (χ0v) is 20.5. The number of hydrogen-bond acceptors (Lipinski definition) is 6. The van der Waals surface area contributed by atoms with Crippen molar-refractivity contribution in [3.63, 3.8) is 0 Å². The fraction of sp³-hybridized carbons (Fsp3) is 0. The molecule has 3 heterocycles. The molecule has 0 fully saturated rings. The summed E-state index contributed by atoms with van der Waals surface area (Å²) in [7, 11) is 0. The second kappa shape index (κ2) is 7.47. The molecule has 0 atom stereocenters. The lowest BCUT2D eigenvalue weighted by molar-refractivity contribution is 0.0894. The molecule has 8 heteroatoms. The lowest BCUT2D eigenvalue weighted by atomic mass is 9.89. The zero-order valence-electron chi connectivity index (χ0n) is 20.5. The average molecular weight is 515 g/mol. The smallest absolute Gasteiger partial charge is 0.266 e. The number of rotatable bonds is 1. The monoisotopic (exact) mass is 515 g/mol. The SMILES string of the molecule is N#Cc1cc2nc3c4ccc5c6c(ccc(c(=O)n3c2cc1C#N)c64)C(=O)N(c1cccc2ccccc12)C5=O. The molecule has 0 spiro atoms. The number of pyridine rings is 1. The third-order valence-electron chi connectivity index (χ3n) is 7.74. The van der Waals surface area contributed by atoms with E-state index >= 15 is 0 Å². The summed E-state index contributed by atoms with van der Waals surface area (Å²) in [4.78, 5) is 47.6. The third kappa shape index (κ3) is 2.56. The summed E-state index contributed by atoms with van der Waals surface area (Å²) in [6.45, 7) is 0. The molecule has 0 radical (unpaired) electrons. The van der Waals surface area contributed by atoms with Crippen LogP contribution in [0, 0.1) is 22.7 Å². The van der Waals surface area contributed by atoms with Gasteiger partial charge in [0.05, 0.1) is 27.8 Å². The minimum atomic E-state index is -0.471. The quantitative estimate of drug-likeness (QED) is 0.274. The van der Waals surface area contributed by atoms with Crippen LogP contribution in [-0.4, -0.2) is 21.2 Å². The van der Waals surface area contributed by atoms with Crippen LogP contribution in [0.5, 0.6) is 0 Å². The Kier molecular flexibility index (Phi) is 4.09. The van der Waals surface area contributed by atoms with Crippen LogP contribution >= 0.6 is 0 Å². The van der Waals surface area contributed by atoms with Crippen molar-refractivity contribution >= 4 is 66.5 Å². The summed E-state index contributed by atoms with van der Waals surface area (Å²) in [6, 6.07) is 26.6. The van der Waals surface area contributed by atoms with Crippen LogP contribution in [0.3, 0.4) is 0 Å². The van der Waals surface area contributed by atoms with Gasteiger partial charge in [-0.25, -0.2) is 9.88 Å². The van der Waals surface area contributed by atoms with Gasteiger partial charge in [-0.15, -0.1) is 0 Å². The van der Waals surface area contributed by atoms with Crippen molar-refractivity contribution in [2.45, 2.75) is 0 Å². The highest BCUT2D eigenvalue weighted by atomic mass is 16.2. The molecule has 8 rings (SSSR count). The van der Waals surface area contributed by atoms with E-state index in [1.54, 1.807) is 30.3 Å². The Hall–Kier alpha value is -6.12. The van der Waals surface area contributed by atoms with Crippen molar-refractivity contribution in [2.75, 3.05) is 4.90 Å². The molecule has 8 nitrogen and oxygen atoms in total. The maximum atomic E-state index is 13.9. The summed E-state index contributed by atoms with van der Waals surface area (Å²) in [5.41, 5.74) is 2.17. The van der Waals surface area contributed by atoms with E-state index in [9.17, 15) is 24.9 Å². The summed E-state index contributed by atoms with van der Waals surface area (Å²) >= 11 is 0. The Labute approximate surface area is 224 Å². The molecule has 5 aromatic carbocycles. The highest BCUT2D eigenvalue weighted by molar-refractivity contribution is 6.39. The Balaban J connectivity index is 1.46. The number of hydrogen-bond donors (Lipinski definition) is 0. The summed E-state index contributed by atoms with van der Waals surface area (Å²) < 4.78 is 1.42. The fourth-order valence-electron chi connectivity index (χ4n) is 5.99. The topological polar surface area (TPSA) is 119 Å². The Morgan fingerprint density at radius 2 is 1.35 bits per heavy atom. The number of nitriles is 2. The Morgan fingerprint density at radius 3 is 2.10 bits per heavy atom. The first-order valence-electron chi connectivity index (χ1n) is 12.4. The first kappa shape index (κ1) is 21.9. The molecular formula is C32H13N5O3. The molecule has 0 bridgehead atoms. The number of amides is 2. The molecule has 7 aromatic rings. The van der Waals surface area contributed by atoms with E-state index in [2.05, 4.69) is 4.98 Å². The van der Waals surface area contributed by atoms with Gasteiger partial charge in [0.1, 0.15) is 17.8 Å². The van der Waals surface area contributed by atoms with Crippen molar-refractivity contribution in [1.82, 2.24) is 9.38 Å². The first-order valence-corrected chi connectivity index (χ1v) is 12.4. The first-order chi connectivity index (χ1) is 19.5. The van der Waals surface area contributed by atoms with Gasteiger partial charge in [-0.2, -0.15) is 10.5 Å². The van der Waals surface area contributed by atoms with Gasteiger partial charge in [-0.05, 0) is 47.9 Å². The standard InChI is InChI=1S/C32H13N5O3/c33-14-17-12-24-26(13-18(17)15-34)36-29(35-24)20-8-9-22-28-23(11-10-21(27(20)28)30(36)38)32(40)37(31(22)39)25-7-3-5-16-4-1-2-6-19(16)25/h1-13H. The number of imide groups is 1. The van der Waals surface area contributed by atoms with Gasteiger partial charge in [-0.3, -0.25) is 18.8 Å². The normalized spacial score (nSPS) is 13.1. The molecule has 1 aliphatic rings. The van der Waals surface area contributed by atoms with E-state index in [-0.39, 0.29) is 11.1 Å². The largest absolute Gasteiger partial charge is 0.268 e. The molecule has 0 saturated heterocycles. The molecule has 1 aliphatic heterocycles. The van der Waals surface area contributed by atoms with Crippen LogP contribution in [-0.2, 0) is 0 Å². The zero-order chi connectivity index (χ0) is 27.3.